The predicted octanol–water partition coefficient (Wildman–Crippen LogP) is 3.95. The van der Waals surface area contributed by atoms with Gasteiger partial charge in [0.15, 0.2) is 6.61 Å². The predicted molar refractivity (Wildman–Crippen MR) is 91.2 cm³/mol. The maximum Gasteiger partial charge on any atom is 0.341 e. The number of esters is 1. The molecule has 5 nitrogen and oxygen atoms in total. The lowest BCUT2D eigenvalue weighted by molar-refractivity contribution is 0.00740. The highest BCUT2D eigenvalue weighted by molar-refractivity contribution is 6.11. The number of nitrogens with zero attached hydrogens (tertiary/aromatic N) is 2. The maximum absolute atomic E-state index is 12.7. The molecule has 0 radical (unpaired) electrons. The van der Waals surface area contributed by atoms with Crippen molar-refractivity contribution < 1.29 is 14.3 Å². The average Bonchev–Trinajstić information content (AvgIpc) is 2.85. The Morgan fingerprint density at radius 3 is 2.62 bits per heavy atom. The van der Waals surface area contributed by atoms with Crippen molar-refractivity contribution in [2.75, 3.05) is 6.61 Å². The number of carbonyl (C=O) groups excluding carboxylic acids is 1. The Labute approximate surface area is 140 Å². The number of para-hydroxylation sites is 1. The van der Waals surface area contributed by atoms with Crippen LogP contribution in [0.15, 0.2) is 42.6 Å². The molecule has 0 aliphatic carbocycles. The fourth-order valence-corrected chi connectivity index (χ4v) is 2.66. The van der Waals surface area contributed by atoms with Gasteiger partial charge in [0, 0.05) is 5.39 Å². The Hall–Kier alpha value is -3.00. The van der Waals surface area contributed by atoms with Crippen molar-refractivity contribution in [3.63, 3.8) is 0 Å². The Kier molecular flexibility index (Phi) is 3.90. The van der Waals surface area contributed by atoms with Gasteiger partial charge in [-0.1, -0.05) is 18.2 Å². The van der Waals surface area contributed by atoms with Gasteiger partial charge in [0.1, 0.15) is 17.4 Å². The second-order valence-corrected chi connectivity index (χ2v) is 6.46. The van der Waals surface area contributed by atoms with Gasteiger partial charge in [-0.15, -0.1) is 0 Å². The maximum atomic E-state index is 12.7. The van der Waals surface area contributed by atoms with Crippen LogP contribution in [-0.4, -0.2) is 22.6 Å². The molecule has 0 saturated carbocycles. The third-order valence-electron chi connectivity index (χ3n) is 3.52. The van der Waals surface area contributed by atoms with Crippen molar-refractivity contribution in [2.24, 2.45) is 0 Å². The summed E-state index contributed by atoms with van der Waals surface area (Å²) in [4.78, 5) is 12.7. The van der Waals surface area contributed by atoms with Gasteiger partial charge in [-0.3, -0.25) is 0 Å². The quantitative estimate of drug-likeness (QED) is 0.685. The standard InChI is InChI=1S/C19H18N2O3/c1-19(2,3)24-18(22)17-14-6-4-5-7-15(14)21-12-13(23-11-10-20)8-9-16(17)21/h4-9,12H,11H2,1-3H3. The van der Waals surface area contributed by atoms with Gasteiger partial charge in [-0.05, 0) is 39.0 Å². The minimum Gasteiger partial charge on any atom is -0.477 e. The van der Waals surface area contributed by atoms with E-state index >= 15 is 0 Å². The lowest BCUT2D eigenvalue weighted by Crippen LogP contribution is -2.23. The molecule has 0 aliphatic rings. The molecule has 3 aromatic rings. The van der Waals surface area contributed by atoms with Crippen LogP contribution in [0.3, 0.4) is 0 Å². The number of nitriles is 1. The SMILES string of the molecule is CC(C)(C)OC(=O)c1c2ccccc2n2cc(OCC#N)ccc12. The second-order valence-electron chi connectivity index (χ2n) is 6.46. The lowest BCUT2D eigenvalue weighted by atomic mass is 10.1. The smallest absolute Gasteiger partial charge is 0.341 e. The molecule has 3 rings (SSSR count). The summed E-state index contributed by atoms with van der Waals surface area (Å²) in [5.74, 6) is 0.215. The molecule has 0 N–H and O–H groups in total. The van der Waals surface area contributed by atoms with Crippen molar-refractivity contribution in [2.45, 2.75) is 26.4 Å². The summed E-state index contributed by atoms with van der Waals surface area (Å²) in [6, 6.07) is 13.1. The molecule has 2 heterocycles. The van der Waals surface area contributed by atoms with E-state index in [9.17, 15) is 4.79 Å². The van der Waals surface area contributed by atoms with Gasteiger partial charge >= 0.3 is 5.97 Å². The minimum absolute atomic E-state index is 0.0242. The van der Waals surface area contributed by atoms with Crippen molar-refractivity contribution in [1.29, 1.82) is 5.26 Å². The van der Waals surface area contributed by atoms with Crippen LogP contribution < -0.4 is 4.74 Å². The molecule has 0 aliphatic heterocycles. The molecule has 0 saturated heterocycles. The summed E-state index contributed by atoms with van der Waals surface area (Å²) < 4.78 is 12.8. The first-order chi connectivity index (χ1) is 11.4. The Morgan fingerprint density at radius 1 is 1.17 bits per heavy atom. The normalized spacial score (nSPS) is 11.4. The highest BCUT2D eigenvalue weighted by Crippen LogP contribution is 2.30. The van der Waals surface area contributed by atoms with Gasteiger partial charge in [-0.25, -0.2) is 4.79 Å². The number of hydrogen-bond donors (Lipinski definition) is 0. The molecule has 2 aromatic heterocycles. The number of hydrogen-bond acceptors (Lipinski definition) is 4. The van der Waals surface area contributed by atoms with Crippen molar-refractivity contribution in [3.8, 4) is 11.8 Å². The molecule has 1 aromatic carbocycles. The van der Waals surface area contributed by atoms with Gasteiger partial charge in [-0.2, -0.15) is 5.26 Å². The molecular formula is C19H18N2O3. The zero-order valence-electron chi connectivity index (χ0n) is 13.9. The van der Waals surface area contributed by atoms with Gasteiger partial charge in [0.2, 0.25) is 0 Å². The third kappa shape index (κ3) is 2.91. The van der Waals surface area contributed by atoms with E-state index in [0.29, 0.717) is 11.3 Å². The largest absolute Gasteiger partial charge is 0.477 e. The highest BCUT2D eigenvalue weighted by Gasteiger charge is 2.24. The van der Waals surface area contributed by atoms with Crippen molar-refractivity contribution in [3.05, 3.63) is 48.2 Å². The van der Waals surface area contributed by atoms with Gasteiger partial charge in [0.25, 0.3) is 0 Å². The molecule has 0 fully saturated rings. The Bertz CT molecular complexity index is 958. The van der Waals surface area contributed by atoms with Crippen LogP contribution in [0.25, 0.3) is 16.4 Å². The van der Waals surface area contributed by atoms with E-state index in [-0.39, 0.29) is 12.6 Å². The molecule has 5 heteroatoms. The number of pyridine rings is 1. The molecular weight excluding hydrogens is 304 g/mol. The van der Waals surface area contributed by atoms with Crippen LogP contribution >= 0.6 is 0 Å². The molecule has 0 amide bonds. The molecule has 0 unspecified atom stereocenters. The van der Waals surface area contributed by atoms with E-state index in [0.717, 1.165) is 16.4 Å². The first-order valence-electron chi connectivity index (χ1n) is 7.66. The van der Waals surface area contributed by atoms with Gasteiger partial charge in [0.05, 0.1) is 22.8 Å². The summed E-state index contributed by atoms with van der Waals surface area (Å²) in [6.07, 6.45) is 1.78. The van der Waals surface area contributed by atoms with Crippen LogP contribution in [-0.2, 0) is 4.74 Å². The average molecular weight is 322 g/mol. The van der Waals surface area contributed by atoms with E-state index in [1.165, 1.54) is 0 Å². The monoisotopic (exact) mass is 322 g/mol. The number of aromatic nitrogens is 1. The van der Waals surface area contributed by atoms with Crippen LogP contribution in [0, 0.1) is 11.3 Å². The van der Waals surface area contributed by atoms with E-state index < -0.39 is 5.60 Å². The van der Waals surface area contributed by atoms with E-state index in [4.69, 9.17) is 14.7 Å². The zero-order chi connectivity index (χ0) is 17.3. The second kappa shape index (κ2) is 5.89. The van der Waals surface area contributed by atoms with E-state index in [1.807, 2.05) is 61.6 Å². The summed E-state index contributed by atoms with van der Waals surface area (Å²) in [6.45, 7) is 5.52. The molecule has 24 heavy (non-hydrogen) atoms. The van der Waals surface area contributed by atoms with Crippen molar-refractivity contribution in [1.82, 2.24) is 4.40 Å². The fourth-order valence-electron chi connectivity index (χ4n) is 2.66. The summed E-state index contributed by atoms with van der Waals surface area (Å²) >= 11 is 0. The molecule has 0 bridgehead atoms. The van der Waals surface area contributed by atoms with Gasteiger partial charge < -0.3 is 13.9 Å². The summed E-state index contributed by atoms with van der Waals surface area (Å²) in [5.41, 5.74) is 1.60. The van der Waals surface area contributed by atoms with Crippen LogP contribution in [0.1, 0.15) is 31.1 Å². The third-order valence-corrected chi connectivity index (χ3v) is 3.52. The highest BCUT2D eigenvalue weighted by atomic mass is 16.6. The number of fused-ring (bicyclic) bond motifs is 3. The number of benzene rings is 1. The molecule has 0 spiro atoms. The van der Waals surface area contributed by atoms with Crippen LogP contribution in [0.5, 0.6) is 5.75 Å². The number of carbonyl (C=O) groups is 1. The number of rotatable bonds is 3. The first-order valence-corrected chi connectivity index (χ1v) is 7.66. The topological polar surface area (TPSA) is 63.7 Å². The van der Waals surface area contributed by atoms with E-state index in [1.54, 1.807) is 12.3 Å². The Balaban J connectivity index is 2.20. The Morgan fingerprint density at radius 2 is 1.92 bits per heavy atom. The first kappa shape index (κ1) is 15.9. The van der Waals surface area contributed by atoms with Crippen LogP contribution in [0.4, 0.5) is 0 Å². The van der Waals surface area contributed by atoms with E-state index in [2.05, 4.69) is 0 Å². The summed E-state index contributed by atoms with van der Waals surface area (Å²) in [7, 11) is 0. The summed E-state index contributed by atoms with van der Waals surface area (Å²) in [5, 5.41) is 9.48. The van der Waals surface area contributed by atoms with Crippen LogP contribution in [0.2, 0.25) is 0 Å². The number of ether oxygens (including phenoxy) is 2. The lowest BCUT2D eigenvalue weighted by Gasteiger charge is -2.19. The molecule has 0 atom stereocenters. The minimum atomic E-state index is -0.567. The fraction of sp³-hybridized carbons (Fsp3) is 0.263. The zero-order valence-corrected chi connectivity index (χ0v) is 13.9. The molecule has 122 valence electrons. The van der Waals surface area contributed by atoms with Crippen molar-refractivity contribution >= 4 is 22.4 Å².